The fourth-order valence-electron chi connectivity index (χ4n) is 1.45. The molecule has 0 aliphatic heterocycles. The molecule has 1 rings (SSSR count). The van der Waals surface area contributed by atoms with E-state index in [0.717, 1.165) is 0 Å². The first-order valence-electron chi connectivity index (χ1n) is 5.70. The van der Waals surface area contributed by atoms with Crippen LogP contribution in [0.2, 0.25) is 0 Å². The first-order valence-corrected chi connectivity index (χ1v) is 5.70. The number of phenols is 1. The molecule has 19 heavy (non-hydrogen) atoms. The highest BCUT2D eigenvalue weighted by molar-refractivity contribution is 5.87. The van der Waals surface area contributed by atoms with Gasteiger partial charge in [0.05, 0.1) is 6.04 Å². The first-order chi connectivity index (χ1) is 8.93. The number of hydrogen-bond acceptors (Lipinski definition) is 5. The van der Waals surface area contributed by atoms with E-state index in [1.54, 1.807) is 12.1 Å². The molecule has 0 aromatic heterocycles. The van der Waals surface area contributed by atoms with Gasteiger partial charge in [-0.15, -0.1) is 0 Å². The molecule has 0 spiro atoms. The third kappa shape index (κ3) is 4.57. The minimum atomic E-state index is -1.16. The van der Waals surface area contributed by atoms with Crippen LogP contribution in [-0.2, 0) is 16.0 Å². The maximum atomic E-state index is 11.5. The maximum Gasteiger partial charge on any atom is 0.326 e. The lowest BCUT2D eigenvalue weighted by atomic mass is 10.1. The number of aliphatic carboxylic acids is 1. The van der Waals surface area contributed by atoms with Crippen molar-refractivity contribution in [3.05, 3.63) is 29.8 Å². The SMILES string of the molecule is NC[C@H](N)C(=O)N[C@@H](Cc1ccc(O)cc1)C(=O)O. The van der Waals surface area contributed by atoms with Crippen LogP contribution in [0.25, 0.3) is 0 Å². The summed E-state index contributed by atoms with van der Waals surface area (Å²) in [5, 5.41) is 20.5. The number of nitrogens with two attached hydrogens (primary N) is 2. The number of hydrogen-bond donors (Lipinski definition) is 5. The van der Waals surface area contributed by atoms with Crippen LogP contribution in [0.3, 0.4) is 0 Å². The molecule has 1 amide bonds. The van der Waals surface area contributed by atoms with Gasteiger partial charge in [-0.05, 0) is 17.7 Å². The minimum absolute atomic E-state index is 0.0582. The molecular formula is C12H17N3O4. The van der Waals surface area contributed by atoms with Gasteiger partial charge in [-0.3, -0.25) is 4.79 Å². The molecule has 0 aliphatic carbocycles. The number of nitrogens with one attached hydrogen (secondary N) is 1. The molecule has 0 bridgehead atoms. The average molecular weight is 267 g/mol. The summed E-state index contributed by atoms with van der Waals surface area (Å²) in [4.78, 5) is 22.6. The van der Waals surface area contributed by atoms with Crippen LogP contribution >= 0.6 is 0 Å². The monoisotopic (exact) mass is 267 g/mol. The number of carboxylic acid groups (broad SMARTS) is 1. The lowest BCUT2D eigenvalue weighted by molar-refractivity contribution is -0.141. The zero-order valence-corrected chi connectivity index (χ0v) is 10.2. The Bertz CT molecular complexity index is 447. The molecule has 104 valence electrons. The summed E-state index contributed by atoms with van der Waals surface area (Å²) in [6, 6.07) is 4.04. The Labute approximate surface area is 110 Å². The number of rotatable bonds is 6. The van der Waals surface area contributed by atoms with E-state index in [-0.39, 0.29) is 18.7 Å². The molecule has 0 fully saturated rings. The Morgan fingerprint density at radius 3 is 2.32 bits per heavy atom. The van der Waals surface area contributed by atoms with Crippen molar-refractivity contribution in [2.45, 2.75) is 18.5 Å². The van der Waals surface area contributed by atoms with E-state index in [0.29, 0.717) is 5.56 Å². The van der Waals surface area contributed by atoms with E-state index in [1.807, 2.05) is 0 Å². The fraction of sp³-hybridized carbons (Fsp3) is 0.333. The van der Waals surface area contributed by atoms with Crippen molar-refractivity contribution in [3.8, 4) is 5.75 Å². The number of phenolic OH excluding ortho intramolecular Hbond substituents is 1. The molecule has 7 nitrogen and oxygen atoms in total. The normalized spacial score (nSPS) is 13.6. The smallest absolute Gasteiger partial charge is 0.326 e. The molecule has 0 saturated heterocycles. The highest BCUT2D eigenvalue weighted by Gasteiger charge is 2.22. The van der Waals surface area contributed by atoms with Gasteiger partial charge in [0.25, 0.3) is 0 Å². The van der Waals surface area contributed by atoms with Crippen molar-refractivity contribution in [2.75, 3.05) is 6.54 Å². The highest BCUT2D eigenvalue weighted by atomic mass is 16.4. The van der Waals surface area contributed by atoms with Crippen LogP contribution in [-0.4, -0.2) is 40.7 Å². The zero-order valence-electron chi connectivity index (χ0n) is 10.2. The number of aromatic hydroxyl groups is 1. The third-order valence-electron chi connectivity index (χ3n) is 2.58. The number of carbonyl (C=O) groups excluding carboxylic acids is 1. The van der Waals surface area contributed by atoms with Crippen LogP contribution in [0.1, 0.15) is 5.56 Å². The Kier molecular flexibility index (Phi) is 5.28. The standard InChI is InChI=1S/C12H17N3O4/c13-6-9(14)11(17)15-10(12(18)19)5-7-1-3-8(16)4-2-7/h1-4,9-10,16H,5-6,13-14H2,(H,15,17)(H,18,19)/t9-,10-/m0/s1. The lowest BCUT2D eigenvalue weighted by Gasteiger charge is -2.17. The minimum Gasteiger partial charge on any atom is -0.508 e. The largest absolute Gasteiger partial charge is 0.508 e. The van der Waals surface area contributed by atoms with Gasteiger partial charge in [0, 0.05) is 13.0 Å². The van der Waals surface area contributed by atoms with E-state index in [4.69, 9.17) is 21.7 Å². The van der Waals surface area contributed by atoms with Crippen molar-refractivity contribution in [2.24, 2.45) is 11.5 Å². The maximum absolute atomic E-state index is 11.5. The Balaban J connectivity index is 2.71. The van der Waals surface area contributed by atoms with Gasteiger partial charge in [0.1, 0.15) is 11.8 Å². The number of amides is 1. The van der Waals surface area contributed by atoms with Gasteiger partial charge < -0.3 is 27.0 Å². The van der Waals surface area contributed by atoms with E-state index in [1.165, 1.54) is 12.1 Å². The topological polar surface area (TPSA) is 139 Å². The van der Waals surface area contributed by atoms with Crippen LogP contribution in [0, 0.1) is 0 Å². The molecule has 0 radical (unpaired) electrons. The number of carbonyl (C=O) groups is 2. The Morgan fingerprint density at radius 1 is 1.26 bits per heavy atom. The van der Waals surface area contributed by atoms with E-state index in [9.17, 15) is 9.59 Å². The van der Waals surface area contributed by atoms with Crippen molar-refractivity contribution in [1.82, 2.24) is 5.32 Å². The molecule has 7 N–H and O–H groups in total. The van der Waals surface area contributed by atoms with Crippen LogP contribution in [0.15, 0.2) is 24.3 Å². The highest BCUT2D eigenvalue weighted by Crippen LogP contribution is 2.11. The lowest BCUT2D eigenvalue weighted by Crippen LogP contribution is -2.51. The molecule has 0 saturated carbocycles. The van der Waals surface area contributed by atoms with Crippen molar-refractivity contribution in [3.63, 3.8) is 0 Å². The van der Waals surface area contributed by atoms with Gasteiger partial charge in [-0.2, -0.15) is 0 Å². The number of carboxylic acids is 1. The molecule has 2 atom stereocenters. The second-order valence-corrected chi connectivity index (χ2v) is 4.11. The molecule has 1 aromatic carbocycles. The van der Waals surface area contributed by atoms with E-state index >= 15 is 0 Å². The van der Waals surface area contributed by atoms with Crippen molar-refractivity contribution < 1.29 is 19.8 Å². The average Bonchev–Trinajstić information content (AvgIpc) is 2.39. The Morgan fingerprint density at radius 2 is 1.84 bits per heavy atom. The molecule has 0 unspecified atom stereocenters. The predicted octanol–water partition coefficient (Wildman–Crippen LogP) is -1.21. The zero-order chi connectivity index (χ0) is 14.4. The van der Waals surface area contributed by atoms with Gasteiger partial charge in [-0.25, -0.2) is 4.79 Å². The summed E-state index contributed by atoms with van der Waals surface area (Å²) in [6.45, 7) is -0.0582. The van der Waals surface area contributed by atoms with Gasteiger partial charge >= 0.3 is 5.97 Å². The summed E-state index contributed by atoms with van der Waals surface area (Å²) < 4.78 is 0. The first kappa shape index (κ1) is 14.9. The van der Waals surface area contributed by atoms with E-state index in [2.05, 4.69) is 5.32 Å². The molecular weight excluding hydrogens is 250 g/mol. The molecule has 1 aromatic rings. The predicted molar refractivity (Wildman–Crippen MR) is 68.4 cm³/mol. The molecule has 0 aliphatic rings. The summed E-state index contributed by atoms with van der Waals surface area (Å²) in [6.07, 6.45) is 0.0959. The van der Waals surface area contributed by atoms with Crippen LogP contribution in [0.5, 0.6) is 5.75 Å². The van der Waals surface area contributed by atoms with Crippen molar-refractivity contribution >= 4 is 11.9 Å². The van der Waals surface area contributed by atoms with Crippen molar-refractivity contribution in [1.29, 1.82) is 0 Å². The third-order valence-corrected chi connectivity index (χ3v) is 2.58. The van der Waals surface area contributed by atoms with Gasteiger partial charge in [0.2, 0.25) is 5.91 Å². The van der Waals surface area contributed by atoms with E-state index < -0.39 is 24.0 Å². The number of benzene rings is 1. The molecule has 7 heteroatoms. The quantitative estimate of drug-likeness (QED) is 0.438. The van der Waals surface area contributed by atoms with Crippen LogP contribution in [0.4, 0.5) is 0 Å². The fourth-order valence-corrected chi connectivity index (χ4v) is 1.45. The second kappa shape index (κ2) is 6.72. The molecule has 0 heterocycles. The van der Waals surface area contributed by atoms with Gasteiger partial charge in [0.15, 0.2) is 0 Å². The Hall–Kier alpha value is -2.12. The second-order valence-electron chi connectivity index (χ2n) is 4.11. The summed E-state index contributed by atoms with van der Waals surface area (Å²) in [7, 11) is 0. The summed E-state index contributed by atoms with van der Waals surface area (Å²) in [5.41, 5.74) is 11.3. The summed E-state index contributed by atoms with van der Waals surface area (Å²) in [5.74, 6) is -1.68. The van der Waals surface area contributed by atoms with Crippen LogP contribution < -0.4 is 16.8 Å². The summed E-state index contributed by atoms with van der Waals surface area (Å²) >= 11 is 0. The van der Waals surface area contributed by atoms with Gasteiger partial charge in [-0.1, -0.05) is 12.1 Å².